The Bertz CT molecular complexity index is 741. The molecule has 0 aliphatic carbocycles. The third kappa shape index (κ3) is 3.12. The summed E-state index contributed by atoms with van der Waals surface area (Å²) in [6.07, 6.45) is 0. The first-order valence-electron chi connectivity index (χ1n) is 6.30. The molecule has 6 nitrogen and oxygen atoms in total. The van der Waals surface area contributed by atoms with E-state index >= 15 is 0 Å². The van der Waals surface area contributed by atoms with Crippen molar-refractivity contribution in [1.82, 2.24) is 9.46 Å². The molecular weight excluding hydrogens is 290 g/mol. The zero-order valence-electron chi connectivity index (χ0n) is 11.8. The van der Waals surface area contributed by atoms with Crippen LogP contribution in [0.1, 0.15) is 17.0 Å². The number of sulfonamides is 1. The quantitative estimate of drug-likeness (QED) is 0.788. The summed E-state index contributed by atoms with van der Waals surface area (Å²) in [5.74, 6) is 0.225. The zero-order chi connectivity index (χ0) is 15.5. The number of benzene rings is 1. The number of nitriles is 1. The first-order valence-corrected chi connectivity index (χ1v) is 7.74. The molecule has 0 amide bonds. The molecule has 0 saturated heterocycles. The molecule has 0 saturated carbocycles. The summed E-state index contributed by atoms with van der Waals surface area (Å²) in [5, 5.41) is 12.6. The van der Waals surface area contributed by atoms with E-state index < -0.39 is 10.0 Å². The van der Waals surface area contributed by atoms with Gasteiger partial charge in [0, 0.05) is 6.54 Å². The summed E-state index contributed by atoms with van der Waals surface area (Å²) in [6, 6.07) is 11.0. The largest absolute Gasteiger partial charge is 0.360 e. The number of nitrogens with zero attached hydrogens (tertiary/aromatic N) is 3. The second-order valence-electron chi connectivity index (χ2n) is 4.57. The van der Waals surface area contributed by atoms with Crippen LogP contribution >= 0.6 is 0 Å². The Morgan fingerprint density at radius 1 is 1.29 bits per heavy atom. The minimum Gasteiger partial charge on any atom is -0.360 e. The van der Waals surface area contributed by atoms with Crippen molar-refractivity contribution in [3.8, 4) is 6.07 Å². The van der Waals surface area contributed by atoms with Crippen LogP contribution in [0.2, 0.25) is 0 Å². The van der Waals surface area contributed by atoms with E-state index in [1.165, 1.54) is 0 Å². The van der Waals surface area contributed by atoms with Crippen LogP contribution in [-0.4, -0.2) is 24.4 Å². The van der Waals surface area contributed by atoms with Gasteiger partial charge in [-0.05, 0) is 19.4 Å². The van der Waals surface area contributed by atoms with E-state index in [9.17, 15) is 8.42 Å². The second-order valence-corrected chi connectivity index (χ2v) is 6.44. The lowest BCUT2D eigenvalue weighted by Gasteiger charge is -2.19. The summed E-state index contributed by atoms with van der Waals surface area (Å²) in [6.45, 7) is 3.00. The molecule has 1 aromatic carbocycles. The predicted molar refractivity (Wildman–Crippen MR) is 75.6 cm³/mol. The monoisotopic (exact) mass is 305 g/mol. The van der Waals surface area contributed by atoms with Gasteiger partial charge in [0.05, 0.1) is 6.07 Å². The molecule has 21 heavy (non-hydrogen) atoms. The van der Waals surface area contributed by atoms with Crippen molar-refractivity contribution in [2.75, 3.05) is 6.54 Å². The molecule has 0 fully saturated rings. The molecule has 0 radical (unpaired) electrons. The SMILES string of the molecule is Cc1noc(C)c1S(=O)(=O)N(CC#N)Cc1ccccc1. The Morgan fingerprint density at radius 3 is 2.48 bits per heavy atom. The average Bonchev–Trinajstić information content (AvgIpc) is 2.79. The Labute approximate surface area is 123 Å². The van der Waals surface area contributed by atoms with Crippen molar-refractivity contribution in [2.24, 2.45) is 0 Å². The Morgan fingerprint density at radius 2 is 1.95 bits per heavy atom. The number of hydrogen-bond acceptors (Lipinski definition) is 5. The van der Waals surface area contributed by atoms with Crippen LogP contribution in [0.5, 0.6) is 0 Å². The van der Waals surface area contributed by atoms with Gasteiger partial charge in [-0.15, -0.1) is 0 Å². The maximum absolute atomic E-state index is 12.7. The molecule has 2 rings (SSSR count). The molecule has 0 unspecified atom stereocenters. The summed E-state index contributed by atoms with van der Waals surface area (Å²) >= 11 is 0. The third-order valence-electron chi connectivity index (χ3n) is 3.01. The van der Waals surface area contributed by atoms with Crippen LogP contribution in [0.3, 0.4) is 0 Å². The Kier molecular flexibility index (Phi) is 4.40. The van der Waals surface area contributed by atoms with Gasteiger partial charge in [0.1, 0.15) is 17.1 Å². The predicted octanol–water partition coefficient (Wildman–Crippen LogP) is 2.01. The molecule has 1 heterocycles. The lowest BCUT2D eigenvalue weighted by molar-refractivity contribution is 0.389. The van der Waals surface area contributed by atoms with E-state index in [0.29, 0.717) is 5.69 Å². The third-order valence-corrected chi connectivity index (χ3v) is 5.05. The number of hydrogen-bond donors (Lipinski definition) is 0. The summed E-state index contributed by atoms with van der Waals surface area (Å²) in [4.78, 5) is 0.0358. The van der Waals surface area contributed by atoms with Crippen LogP contribution in [-0.2, 0) is 16.6 Å². The highest BCUT2D eigenvalue weighted by atomic mass is 32.2. The Balaban J connectivity index is 2.40. The zero-order valence-corrected chi connectivity index (χ0v) is 12.6. The van der Waals surface area contributed by atoms with Gasteiger partial charge in [-0.3, -0.25) is 0 Å². The van der Waals surface area contributed by atoms with Crippen LogP contribution in [0.4, 0.5) is 0 Å². The van der Waals surface area contributed by atoms with E-state index in [4.69, 9.17) is 9.78 Å². The van der Waals surface area contributed by atoms with Gasteiger partial charge in [-0.1, -0.05) is 35.5 Å². The molecule has 0 bridgehead atoms. The van der Waals surface area contributed by atoms with E-state index in [2.05, 4.69) is 5.16 Å². The van der Waals surface area contributed by atoms with Crippen molar-refractivity contribution in [3.63, 3.8) is 0 Å². The lowest BCUT2D eigenvalue weighted by Crippen LogP contribution is -2.31. The smallest absolute Gasteiger partial charge is 0.249 e. The van der Waals surface area contributed by atoms with Crippen LogP contribution < -0.4 is 0 Å². The molecular formula is C14H15N3O3S. The van der Waals surface area contributed by atoms with Gasteiger partial charge in [-0.25, -0.2) is 8.42 Å². The first-order chi connectivity index (χ1) is 9.96. The van der Waals surface area contributed by atoms with Crippen molar-refractivity contribution in [3.05, 3.63) is 47.3 Å². The fourth-order valence-corrected chi connectivity index (χ4v) is 3.68. The van der Waals surface area contributed by atoms with Gasteiger partial charge in [0.2, 0.25) is 10.0 Å². The molecule has 1 aromatic heterocycles. The van der Waals surface area contributed by atoms with Gasteiger partial charge in [-0.2, -0.15) is 9.57 Å². The van der Waals surface area contributed by atoms with E-state index in [1.807, 2.05) is 36.4 Å². The average molecular weight is 305 g/mol. The maximum atomic E-state index is 12.7. The second kappa shape index (κ2) is 6.08. The van der Waals surface area contributed by atoms with Crippen molar-refractivity contribution < 1.29 is 12.9 Å². The summed E-state index contributed by atoms with van der Waals surface area (Å²) in [7, 11) is -3.82. The van der Waals surface area contributed by atoms with Gasteiger partial charge < -0.3 is 4.52 Å². The topological polar surface area (TPSA) is 87.2 Å². The van der Waals surface area contributed by atoms with Gasteiger partial charge in [0.15, 0.2) is 5.76 Å². The summed E-state index contributed by atoms with van der Waals surface area (Å²) < 4.78 is 31.4. The lowest BCUT2D eigenvalue weighted by atomic mass is 10.2. The minimum atomic E-state index is -3.82. The normalized spacial score (nSPS) is 11.5. The molecule has 7 heteroatoms. The Hall–Kier alpha value is -2.17. The fourth-order valence-electron chi connectivity index (χ4n) is 2.06. The van der Waals surface area contributed by atoms with E-state index in [-0.39, 0.29) is 23.7 Å². The fraction of sp³-hybridized carbons (Fsp3) is 0.286. The van der Waals surface area contributed by atoms with Crippen molar-refractivity contribution in [2.45, 2.75) is 25.3 Å². The molecule has 2 aromatic rings. The highest BCUT2D eigenvalue weighted by Gasteiger charge is 2.30. The minimum absolute atomic E-state index is 0.0358. The molecule has 0 aliphatic heterocycles. The van der Waals surface area contributed by atoms with Crippen LogP contribution in [0.25, 0.3) is 0 Å². The van der Waals surface area contributed by atoms with Crippen LogP contribution in [0, 0.1) is 25.2 Å². The standard InChI is InChI=1S/C14H15N3O3S/c1-11-14(12(2)20-16-11)21(18,19)17(9-8-15)10-13-6-4-3-5-7-13/h3-7H,9-10H2,1-2H3. The van der Waals surface area contributed by atoms with Gasteiger partial charge in [0.25, 0.3) is 0 Å². The number of rotatable bonds is 5. The highest BCUT2D eigenvalue weighted by molar-refractivity contribution is 7.89. The molecule has 110 valence electrons. The van der Waals surface area contributed by atoms with Crippen molar-refractivity contribution in [1.29, 1.82) is 5.26 Å². The highest BCUT2D eigenvalue weighted by Crippen LogP contribution is 2.24. The maximum Gasteiger partial charge on any atom is 0.249 e. The van der Waals surface area contributed by atoms with E-state index in [1.54, 1.807) is 13.8 Å². The number of aromatic nitrogens is 1. The van der Waals surface area contributed by atoms with Gasteiger partial charge >= 0.3 is 0 Å². The number of aryl methyl sites for hydroxylation is 2. The molecule has 0 atom stereocenters. The molecule has 0 spiro atoms. The summed E-state index contributed by atoms with van der Waals surface area (Å²) in [5.41, 5.74) is 1.10. The molecule has 0 N–H and O–H groups in total. The van der Waals surface area contributed by atoms with Crippen molar-refractivity contribution >= 4 is 10.0 Å². The molecule has 0 aliphatic rings. The van der Waals surface area contributed by atoms with E-state index in [0.717, 1.165) is 9.87 Å². The first kappa shape index (κ1) is 15.2. The van der Waals surface area contributed by atoms with Crippen LogP contribution in [0.15, 0.2) is 39.8 Å².